The molecule has 0 fully saturated rings. The van der Waals surface area contributed by atoms with Gasteiger partial charge >= 0.3 is 0 Å². The molecule has 0 radical (unpaired) electrons. The van der Waals surface area contributed by atoms with E-state index in [4.69, 9.17) is 16.3 Å². The van der Waals surface area contributed by atoms with Crippen LogP contribution in [0.25, 0.3) is 0 Å². The second kappa shape index (κ2) is 6.45. The summed E-state index contributed by atoms with van der Waals surface area (Å²) in [6.07, 6.45) is 0. The number of nitrogens with one attached hydrogen (secondary N) is 1. The molecule has 0 bridgehead atoms. The predicted molar refractivity (Wildman–Crippen MR) is 84.5 cm³/mol. The number of ether oxygens (including phenoxy) is 1. The summed E-state index contributed by atoms with van der Waals surface area (Å²) in [6, 6.07) is 10.4. The zero-order valence-electron chi connectivity index (χ0n) is 12.1. The van der Waals surface area contributed by atoms with E-state index in [-0.39, 0.29) is 11.1 Å². The number of hydrogen-bond donors (Lipinski definition) is 1. The first-order valence-corrected chi connectivity index (χ1v) is 6.68. The molecular formula is C15H16ClN3O2. The lowest BCUT2D eigenvalue weighted by atomic mass is 10.2. The van der Waals surface area contributed by atoms with Crippen LogP contribution in [0.15, 0.2) is 36.4 Å². The molecule has 2 rings (SSSR count). The molecule has 1 heterocycles. The van der Waals surface area contributed by atoms with E-state index in [1.54, 1.807) is 30.2 Å². The largest absolute Gasteiger partial charge is 0.495 e. The molecule has 1 N–H and O–H groups in total. The molecule has 5 nitrogen and oxygen atoms in total. The fourth-order valence-electron chi connectivity index (χ4n) is 1.79. The number of hydrogen-bond acceptors (Lipinski definition) is 4. The molecule has 21 heavy (non-hydrogen) atoms. The number of benzene rings is 1. The Hall–Kier alpha value is -2.27. The number of rotatable bonds is 4. The highest BCUT2D eigenvalue weighted by atomic mass is 35.5. The summed E-state index contributed by atoms with van der Waals surface area (Å²) in [5.74, 6) is 0.943. The number of pyridine rings is 1. The van der Waals surface area contributed by atoms with Crippen molar-refractivity contribution in [2.45, 2.75) is 0 Å². The number of halogens is 1. The van der Waals surface area contributed by atoms with Crippen LogP contribution >= 0.6 is 11.6 Å². The van der Waals surface area contributed by atoms with E-state index in [1.165, 1.54) is 6.07 Å². The maximum absolute atomic E-state index is 12.3. The maximum Gasteiger partial charge on any atom is 0.256 e. The van der Waals surface area contributed by atoms with Crippen molar-refractivity contribution in [1.82, 2.24) is 4.98 Å². The molecule has 0 aliphatic heterocycles. The van der Waals surface area contributed by atoms with Gasteiger partial charge in [-0.25, -0.2) is 4.98 Å². The zero-order chi connectivity index (χ0) is 15.4. The molecule has 0 spiro atoms. The first-order chi connectivity index (χ1) is 10.0. The van der Waals surface area contributed by atoms with Crippen LogP contribution in [0.2, 0.25) is 5.15 Å². The second-order valence-electron chi connectivity index (χ2n) is 4.59. The van der Waals surface area contributed by atoms with Crippen LogP contribution in [0.3, 0.4) is 0 Å². The van der Waals surface area contributed by atoms with Gasteiger partial charge in [-0.3, -0.25) is 4.79 Å². The third-order valence-electron chi connectivity index (χ3n) is 2.86. The van der Waals surface area contributed by atoms with E-state index < -0.39 is 0 Å². The normalized spacial score (nSPS) is 10.1. The zero-order valence-corrected chi connectivity index (χ0v) is 12.8. The highest BCUT2D eigenvalue weighted by molar-refractivity contribution is 6.30. The number of amides is 1. The number of carbonyl (C=O) groups excluding carboxylic acids is 1. The molecule has 1 aromatic heterocycles. The number of para-hydroxylation sites is 2. The lowest BCUT2D eigenvalue weighted by Crippen LogP contribution is -2.16. The monoisotopic (exact) mass is 305 g/mol. The van der Waals surface area contributed by atoms with E-state index in [2.05, 4.69) is 10.3 Å². The Morgan fingerprint density at radius 1 is 1.29 bits per heavy atom. The minimum atomic E-state index is -0.271. The molecule has 0 saturated carbocycles. The summed E-state index contributed by atoms with van der Waals surface area (Å²) >= 11 is 5.96. The van der Waals surface area contributed by atoms with E-state index in [0.717, 1.165) is 0 Å². The number of anilines is 2. The molecule has 0 saturated heterocycles. The SMILES string of the molecule is COc1ccccc1NC(=O)c1cc(Cl)nc(N(C)C)c1. The molecule has 0 aliphatic rings. The molecule has 110 valence electrons. The van der Waals surface area contributed by atoms with Gasteiger partial charge in [0.05, 0.1) is 12.8 Å². The van der Waals surface area contributed by atoms with Crippen LogP contribution in [-0.2, 0) is 0 Å². The Bertz CT molecular complexity index is 659. The summed E-state index contributed by atoms with van der Waals surface area (Å²) in [6.45, 7) is 0. The molecular weight excluding hydrogens is 290 g/mol. The van der Waals surface area contributed by atoms with Gasteiger partial charge in [0.15, 0.2) is 0 Å². The summed E-state index contributed by atoms with van der Waals surface area (Å²) in [5, 5.41) is 3.07. The van der Waals surface area contributed by atoms with E-state index in [0.29, 0.717) is 22.8 Å². The number of aromatic nitrogens is 1. The van der Waals surface area contributed by atoms with Gasteiger partial charge in [-0.1, -0.05) is 23.7 Å². The van der Waals surface area contributed by atoms with Gasteiger partial charge in [0.2, 0.25) is 0 Å². The summed E-state index contributed by atoms with van der Waals surface area (Å²) in [4.78, 5) is 18.3. The van der Waals surface area contributed by atoms with Gasteiger partial charge in [-0.2, -0.15) is 0 Å². The third-order valence-corrected chi connectivity index (χ3v) is 3.05. The minimum absolute atomic E-state index is 0.270. The fourth-order valence-corrected chi connectivity index (χ4v) is 1.99. The fraction of sp³-hybridized carbons (Fsp3) is 0.200. The van der Waals surface area contributed by atoms with Gasteiger partial charge in [-0.15, -0.1) is 0 Å². The van der Waals surface area contributed by atoms with Crippen LogP contribution in [0, 0.1) is 0 Å². The average Bonchev–Trinajstić information content (AvgIpc) is 2.47. The van der Waals surface area contributed by atoms with E-state index in [1.807, 2.05) is 26.2 Å². The molecule has 1 aromatic carbocycles. The number of methoxy groups -OCH3 is 1. The summed E-state index contributed by atoms with van der Waals surface area (Å²) in [7, 11) is 5.22. The number of carbonyl (C=O) groups is 1. The third kappa shape index (κ3) is 3.64. The van der Waals surface area contributed by atoms with Crippen LogP contribution in [0.1, 0.15) is 10.4 Å². The average molecular weight is 306 g/mol. The van der Waals surface area contributed by atoms with Gasteiger partial charge in [-0.05, 0) is 24.3 Å². The molecule has 2 aromatic rings. The Kier molecular flexibility index (Phi) is 4.65. The maximum atomic E-state index is 12.3. The molecule has 6 heteroatoms. The van der Waals surface area contributed by atoms with Gasteiger partial charge in [0.1, 0.15) is 16.7 Å². The van der Waals surface area contributed by atoms with Gasteiger partial charge < -0.3 is 15.0 Å². The van der Waals surface area contributed by atoms with E-state index in [9.17, 15) is 4.79 Å². The van der Waals surface area contributed by atoms with Crippen molar-refractivity contribution in [2.24, 2.45) is 0 Å². The molecule has 1 amide bonds. The highest BCUT2D eigenvalue weighted by Gasteiger charge is 2.12. The second-order valence-corrected chi connectivity index (χ2v) is 4.97. The lowest BCUT2D eigenvalue weighted by Gasteiger charge is -2.14. The Labute approximate surface area is 128 Å². The van der Waals surface area contributed by atoms with Crippen molar-refractivity contribution < 1.29 is 9.53 Å². The van der Waals surface area contributed by atoms with Crippen molar-refractivity contribution in [1.29, 1.82) is 0 Å². The highest BCUT2D eigenvalue weighted by Crippen LogP contribution is 2.24. The summed E-state index contributed by atoms with van der Waals surface area (Å²) in [5.41, 5.74) is 1.04. The van der Waals surface area contributed by atoms with E-state index >= 15 is 0 Å². The van der Waals surface area contributed by atoms with Crippen LogP contribution in [-0.4, -0.2) is 32.1 Å². The van der Waals surface area contributed by atoms with Gasteiger partial charge in [0, 0.05) is 19.7 Å². The Morgan fingerprint density at radius 2 is 2.00 bits per heavy atom. The predicted octanol–water partition coefficient (Wildman–Crippen LogP) is 3.06. The van der Waals surface area contributed by atoms with Crippen molar-refractivity contribution in [3.8, 4) is 5.75 Å². The smallest absolute Gasteiger partial charge is 0.256 e. The lowest BCUT2D eigenvalue weighted by molar-refractivity contribution is 0.102. The Balaban J connectivity index is 2.28. The summed E-state index contributed by atoms with van der Waals surface area (Å²) < 4.78 is 5.21. The first kappa shape index (κ1) is 15.1. The molecule has 0 unspecified atom stereocenters. The van der Waals surface area contributed by atoms with Crippen LogP contribution < -0.4 is 15.0 Å². The first-order valence-electron chi connectivity index (χ1n) is 6.30. The van der Waals surface area contributed by atoms with Gasteiger partial charge in [0.25, 0.3) is 5.91 Å². The minimum Gasteiger partial charge on any atom is -0.495 e. The molecule has 0 atom stereocenters. The number of nitrogens with zero attached hydrogens (tertiary/aromatic N) is 2. The quantitative estimate of drug-likeness (QED) is 0.882. The molecule has 0 aliphatic carbocycles. The Morgan fingerprint density at radius 3 is 2.67 bits per heavy atom. The van der Waals surface area contributed by atoms with Crippen LogP contribution in [0.5, 0.6) is 5.75 Å². The van der Waals surface area contributed by atoms with Crippen molar-refractivity contribution >= 4 is 29.0 Å². The van der Waals surface area contributed by atoms with Crippen molar-refractivity contribution in [3.05, 3.63) is 47.1 Å². The van der Waals surface area contributed by atoms with Crippen LogP contribution in [0.4, 0.5) is 11.5 Å². The standard InChI is InChI=1S/C15H16ClN3O2/c1-19(2)14-9-10(8-13(16)18-14)15(20)17-11-6-4-5-7-12(11)21-3/h4-9H,1-3H3,(H,17,20). The topological polar surface area (TPSA) is 54.5 Å². The van der Waals surface area contributed by atoms with Crippen molar-refractivity contribution in [3.63, 3.8) is 0 Å². The van der Waals surface area contributed by atoms with Crippen molar-refractivity contribution in [2.75, 3.05) is 31.4 Å².